The molecule has 0 unspecified atom stereocenters. The van der Waals surface area contributed by atoms with Gasteiger partial charge in [0, 0.05) is 15.8 Å². The molecule has 0 fully saturated rings. The van der Waals surface area contributed by atoms with Crippen molar-refractivity contribution in [3.05, 3.63) is 52.0 Å². The van der Waals surface area contributed by atoms with E-state index in [1.807, 2.05) is 38.1 Å². The molecule has 0 saturated heterocycles. The van der Waals surface area contributed by atoms with E-state index in [1.165, 1.54) is 0 Å². The van der Waals surface area contributed by atoms with E-state index in [-0.39, 0.29) is 12.5 Å². The zero-order chi connectivity index (χ0) is 15.4. The fourth-order valence-electron chi connectivity index (χ4n) is 2.05. The molecule has 3 N–H and O–H groups in total. The largest absolute Gasteiger partial charge is 0.484 e. The second-order valence-corrected chi connectivity index (χ2v) is 5.74. The molecule has 0 bridgehead atoms. The minimum absolute atomic E-state index is 0.0368. The molecule has 2 rings (SSSR count). The summed E-state index contributed by atoms with van der Waals surface area (Å²) in [5.41, 5.74) is 9.11. The topological polar surface area (TPSA) is 64.3 Å². The first-order valence-electron chi connectivity index (χ1n) is 6.50. The number of carbonyl (C=O) groups is 1. The number of halogens is 1. The van der Waals surface area contributed by atoms with Crippen LogP contribution in [0.15, 0.2) is 40.9 Å². The molecular weight excluding hydrogens is 332 g/mol. The molecule has 0 heterocycles. The molecule has 0 spiro atoms. The quantitative estimate of drug-likeness (QED) is 0.828. The number of nitrogen functional groups attached to an aromatic ring is 1. The van der Waals surface area contributed by atoms with E-state index in [4.69, 9.17) is 10.5 Å². The molecule has 0 aliphatic heterocycles. The molecule has 110 valence electrons. The van der Waals surface area contributed by atoms with E-state index in [1.54, 1.807) is 12.1 Å². The molecule has 0 saturated carbocycles. The van der Waals surface area contributed by atoms with Crippen LogP contribution in [0, 0.1) is 13.8 Å². The predicted octanol–water partition coefficient (Wildman–Crippen LogP) is 3.67. The van der Waals surface area contributed by atoms with Crippen LogP contribution >= 0.6 is 15.9 Å². The number of nitrogens with one attached hydrogen (secondary N) is 1. The first-order chi connectivity index (χ1) is 9.95. The molecular formula is C16H17BrN2O2. The van der Waals surface area contributed by atoms with Crippen molar-refractivity contribution in [3.63, 3.8) is 0 Å². The Balaban J connectivity index is 1.97. The maximum absolute atomic E-state index is 12.0. The van der Waals surface area contributed by atoms with Crippen molar-refractivity contribution in [2.45, 2.75) is 13.8 Å². The second kappa shape index (κ2) is 6.63. The smallest absolute Gasteiger partial charge is 0.262 e. The second-order valence-electron chi connectivity index (χ2n) is 4.82. The van der Waals surface area contributed by atoms with Crippen molar-refractivity contribution in [3.8, 4) is 5.75 Å². The van der Waals surface area contributed by atoms with E-state index in [0.29, 0.717) is 11.4 Å². The van der Waals surface area contributed by atoms with Crippen LogP contribution in [0.3, 0.4) is 0 Å². The zero-order valence-corrected chi connectivity index (χ0v) is 13.5. The van der Waals surface area contributed by atoms with Gasteiger partial charge in [-0.2, -0.15) is 0 Å². The normalized spacial score (nSPS) is 10.2. The highest BCUT2D eigenvalue weighted by molar-refractivity contribution is 9.10. The molecule has 1 amide bonds. The maximum Gasteiger partial charge on any atom is 0.262 e. The predicted molar refractivity (Wildman–Crippen MR) is 88.6 cm³/mol. The molecule has 0 aromatic heterocycles. The van der Waals surface area contributed by atoms with E-state index in [0.717, 1.165) is 21.3 Å². The lowest BCUT2D eigenvalue weighted by molar-refractivity contribution is -0.118. The minimum Gasteiger partial charge on any atom is -0.484 e. The van der Waals surface area contributed by atoms with Crippen molar-refractivity contribution in [2.24, 2.45) is 0 Å². The lowest BCUT2D eigenvalue weighted by Gasteiger charge is -2.13. The van der Waals surface area contributed by atoms with Crippen LogP contribution in [0.25, 0.3) is 0 Å². The van der Waals surface area contributed by atoms with E-state index < -0.39 is 0 Å². The Bertz CT molecular complexity index is 631. The summed E-state index contributed by atoms with van der Waals surface area (Å²) < 4.78 is 6.41. The van der Waals surface area contributed by atoms with Crippen LogP contribution in [-0.4, -0.2) is 12.5 Å². The summed E-state index contributed by atoms with van der Waals surface area (Å²) in [6.07, 6.45) is 0. The van der Waals surface area contributed by atoms with Gasteiger partial charge >= 0.3 is 0 Å². The molecule has 5 heteroatoms. The number of carbonyl (C=O) groups excluding carboxylic acids is 1. The minimum atomic E-state index is -0.200. The fraction of sp³-hybridized carbons (Fsp3) is 0.188. The molecule has 4 nitrogen and oxygen atoms in total. The number of nitrogens with two attached hydrogens (primary N) is 1. The number of hydrogen-bond donors (Lipinski definition) is 2. The lowest BCUT2D eigenvalue weighted by Crippen LogP contribution is -2.21. The summed E-state index contributed by atoms with van der Waals surface area (Å²) in [7, 11) is 0. The number of anilines is 2. The van der Waals surface area contributed by atoms with Gasteiger partial charge in [-0.1, -0.05) is 15.9 Å². The number of ether oxygens (including phenoxy) is 1. The fourth-order valence-corrected chi connectivity index (χ4v) is 2.31. The zero-order valence-electron chi connectivity index (χ0n) is 11.9. The van der Waals surface area contributed by atoms with Crippen LogP contribution < -0.4 is 15.8 Å². The van der Waals surface area contributed by atoms with Crippen LogP contribution in [0.2, 0.25) is 0 Å². The van der Waals surface area contributed by atoms with E-state index in [9.17, 15) is 4.79 Å². The standard InChI is InChI=1S/C16H17BrN2O2/c1-10-7-13(18)8-11(2)16(10)19-15(20)9-21-14-5-3-12(17)4-6-14/h3-8H,9,18H2,1-2H3,(H,19,20). The van der Waals surface area contributed by atoms with E-state index in [2.05, 4.69) is 21.2 Å². The summed E-state index contributed by atoms with van der Waals surface area (Å²) in [5.74, 6) is 0.452. The highest BCUT2D eigenvalue weighted by Crippen LogP contribution is 2.23. The third-order valence-electron chi connectivity index (χ3n) is 3.00. The van der Waals surface area contributed by atoms with Crippen LogP contribution in [0.4, 0.5) is 11.4 Å². The summed E-state index contributed by atoms with van der Waals surface area (Å²) in [4.78, 5) is 12.0. The Morgan fingerprint density at radius 1 is 1.19 bits per heavy atom. The third kappa shape index (κ3) is 4.23. The summed E-state index contributed by atoms with van der Waals surface area (Å²) in [6.45, 7) is 3.79. The summed E-state index contributed by atoms with van der Waals surface area (Å²) >= 11 is 3.35. The highest BCUT2D eigenvalue weighted by Gasteiger charge is 2.09. The van der Waals surface area contributed by atoms with Crippen molar-refractivity contribution >= 4 is 33.2 Å². The van der Waals surface area contributed by atoms with Gasteiger partial charge in [0.05, 0.1) is 0 Å². The van der Waals surface area contributed by atoms with Gasteiger partial charge < -0.3 is 15.8 Å². The Morgan fingerprint density at radius 3 is 2.33 bits per heavy atom. The van der Waals surface area contributed by atoms with Crippen molar-refractivity contribution in [1.29, 1.82) is 0 Å². The first kappa shape index (κ1) is 15.4. The van der Waals surface area contributed by atoms with Crippen molar-refractivity contribution in [1.82, 2.24) is 0 Å². The number of hydrogen-bond acceptors (Lipinski definition) is 3. The van der Waals surface area contributed by atoms with Crippen molar-refractivity contribution in [2.75, 3.05) is 17.7 Å². The van der Waals surface area contributed by atoms with Gasteiger partial charge in [-0.05, 0) is 61.4 Å². The molecule has 2 aromatic rings. The van der Waals surface area contributed by atoms with Crippen LogP contribution in [0.1, 0.15) is 11.1 Å². The lowest BCUT2D eigenvalue weighted by atomic mass is 10.1. The Hall–Kier alpha value is -2.01. The Kier molecular flexibility index (Phi) is 4.85. The number of rotatable bonds is 4. The number of amides is 1. The number of aryl methyl sites for hydroxylation is 2. The van der Waals surface area contributed by atoms with Gasteiger partial charge in [-0.3, -0.25) is 4.79 Å². The highest BCUT2D eigenvalue weighted by atomic mass is 79.9. The van der Waals surface area contributed by atoms with Gasteiger partial charge in [0.1, 0.15) is 5.75 Å². The van der Waals surface area contributed by atoms with Crippen molar-refractivity contribution < 1.29 is 9.53 Å². The Labute approximate surface area is 132 Å². The van der Waals surface area contributed by atoms with Crippen LogP contribution in [0.5, 0.6) is 5.75 Å². The van der Waals surface area contributed by atoms with Gasteiger partial charge in [0.2, 0.25) is 0 Å². The van der Waals surface area contributed by atoms with Gasteiger partial charge in [0.25, 0.3) is 5.91 Å². The monoisotopic (exact) mass is 348 g/mol. The first-order valence-corrected chi connectivity index (χ1v) is 7.30. The SMILES string of the molecule is Cc1cc(N)cc(C)c1NC(=O)COc1ccc(Br)cc1. The van der Waals surface area contributed by atoms with E-state index >= 15 is 0 Å². The molecule has 0 aliphatic rings. The average Bonchev–Trinajstić information content (AvgIpc) is 2.42. The maximum atomic E-state index is 12.0. The third-order valence-corrected chi connectivity index (χ3v) is 3.53. The average molecular weight is 349 g/mol. The van der Waals surface area contributed by atoms with Gasteiger partial charge in [-0.25, -0.2) is 0 Å². The number of benzene rings is 2. The van der Waals surface area contributed by atoms with Gasteiger partial charge in [-0.15, -0.1) is 0 Å². The Morgan fingerprint density at radius 2 is 1.76 bits per heavy atom. The molecule has 0 aliphatic carbocycles. The van der Waals surface area contributed by atoms with Gasteiger partial charge in [0.15, 0.2) is 6.61 Å². The molecule has 21 heavy (non-hydrogen) atoms. The summed E-state index contributed by atoms with van der Waals surface area (Å²) in [5, 5.41) is 2.86. The van der Waals surface area contributed by atoms with Crippen LogP contribution in [-0.2, 0) is 4.79 Å². The molecule has 0 atom stereocenters. The molecule has 0 radical (unpaired) electrons. The summed E-state index contributed by atoms with van der Waals surface area (Å²) in [6, 6.07) is 11.0. The molecule has 2 aromatic carbocycles.